The highest BCUT2D eigenvalue weighted by Crippen LogP contribution is 2.21. The van der Waals surface area contributed by atoms with Crippen molar-refractivity contribution in [1.29, 1.82) is 0 Å². The lowest BCUT2D eigenvalue weighted by Gasteiger charge is -2.36. The number of benzene rings is 1. The number of aliphatic hydroxyl groups is 4. The summed E-state index contributed by atoms with van der Waals surface area (Å²) >= 11 is 0. The predicted molar refractivity (Wildman–Crippen MR) is 71.7 cm³/mol. The van der Waals surface area contributed by atoms with Gasteiger partial charge in [-0.15, -0.1) is 0 Å². The normalized spacial score (nSPS) is 31.6. The molecule has 1 unspecified atom stereocenters. The van der Waals surface area contributed by atoms with Crippen LogP contribution in [0.1, 0.15) is 5.56 Å². The lowest BCUT2D eigenvalue weighted by Crippen LogP contribution is -2.59. The summed E-state index contributed by atoms with van der Waals surface area (Å²) in [5, 5.41) is 37.9. The molecule has 0 amide bonds. The van der Waals surface area contributed by atoms with Gasteiger partial charge in [0, 0.05) is 0 Å². The summed E-state index contributed by atoms with van der Waals surface area (Å²) in [5.41, 5.74) is 0.681. The van der Waals surface area contributed by atoms with Crippen LogP contribution in [0.2, 0.25) is 0 Å². The fraction of sp³-hybridized carbons (Fsp3) is 0.500. The molecule has 22 heavy (non-hydrogen) atoms. The first-order valence-corrected chi connectivity index (χ1v) is 6.61. The Morgan fingerprint density at radius 1 is 1.09 bits per heavy atom. The van der Waals surface area contributed by atoms with Crippen molar-refractivity contribution in [2.24, 2.45) is 0 Å². The van der Waals surface area contributed by atoms with Crippen molar-refractivity contribution in [3.63, 3.8) is 0 Å². The van der Waals surface area contributed by atoms with Crippen LogP contribution in [0.4, 0.5) is 0 Å². The van der Waals surface area contributed by atoms with Crippen LogP contribution in [-0.4, -0.2) is 64.2 Å². The predicted octanol–water partition coefficient (Wildman–Crippen LogP) is -1.46. The molecule has 0 aromatic heterocycles. The fourth-order valence-electron chi connectivity index (χ4n) is 2.01. The van der Waals surface area contributed by atoms with E-state index in [1.807, 2.05) is 0 Å². The molecule has 1 aliphatic rings. The first-order valence-electron chi connectivity index (χ1n) is 6.61. The van der Waals surface area contributed by atoms with Gasteiger partial charge in [0.05, 0.1) is 7.11 Å². The highest BCUT2D eigenvalue weighted by atomic mass is 16.7. The van der Waals surface area contributed by atoms with Crippen molar-refractivity contribution in [2.45, 2.75) is 37.3 Å². The summed E-state index contributed by atoms with van der Waals surface area (Å²) < 4.78 is 14.7. The first-order chi connectivity index (χ1) is 10.4. The Morgan fingerprint density at radius 2 is 1.73 bits per heavy atom. The number of esters is 1. The fourth-order valence-corrected chi connectivity index (χ4v) is 2.01. The molecule has 4 N–H and O–H groups in total. The largest absolute Gasteiger partial charge is 0.497 e. The molecule has 0 bridgehead atoms. The number of hydrogen-bond donors (Lipinski definition) is 4. The van der Waals surface area contributed by atoms with Crippen molar-refractivity contribution in [1.82, 2.24) is 0 Å². The van der Waals surface area contributed by atoms with Crippen molar-refractivity contribution in [2.75, 3.05) is 7.11 Å². The van der Waals surface area contributed by atoms with E-state index >= 15 is 0 Å². The Bertz CT molecular complexity index is 502. The smallest absolute Gasteiger partial charge is 0.338 e. The minimum atomic E-state index is -1.78. The van der Waals surface area contributed by atoms with E-state index in [0.29, 0.717) is 11.3 Å². The molecule has 0 spiro atoms. The maximum absolute atomic E-state index is 11.9. The maximum Gasteiger partial charge on any atom is 0.338 e. The minimum absolute atomic E-state index is 0.0792. The number of carbonyl (C=O) groups is 1. The van der Waals surface area contributed by atoms with Crippen LogP contribution in [0.25, 0.3) is 0 Å². The number of methoxy groups -OCH3 is 1. The summed E-state index contributed by atoms with van der Waals surface area (Å²) in [6, 6.07) is 6.77. The van der Waals surface area contributed by atoms with Gasteiger partial charge in [-0.2, -0.15) is 0 Å². The van der Waals surface area contributed by atoms with Crippen LogP contribution in [0.5, 0.6) is 5.75 Å². The Hall–Kier alpha value is -1.71. The zero-order valence-corrected chi connectivity index (χ0v) is 11.8. The van der Waals surface area contributed by atoms with Crippen molar-refractivity contribution >= 4 is 5.97 Å². The Labute approximate surface area is 126 Å². The average molecular weight is 314 g/mol. The van der Waals surface area contributed by atoms with Crippen molar-refractivity contribution < 1.29 is 39.4 Å². The molecule has 1 aromatic rings. The number of carbonyl (C=O) groups excluding carboxylic acids is 1. The molecule has 1 aliphatic heterocycles. The SMILES string of the molecule is COc1ccc(COC(=O)[C@H]2OC(O)[C@H](O)[C@@H](O)[C@@H]2O)cc1. The topological polar surface area (TPSA) is 126 Å². The number of aliphatic hydroxyl groups excluding tert-OH is 4. The van der Waals surface area contributed by atoms with E-state index in [9.17, 15) is 25.2 Å². The van der Waals surface area contributed by atoms with Crippen LogP contribution >= 0.6 is 0 Å². The minimum Gasteiger partial charge on any atom is -0.497 e. The molecule has 5 atom stereocenters. The quantitative estimate of drug-likeness (QED) is 0.497. The Kier molecular flexibility index (Phi) is 5.33. The third kappa shape index (κ3) is 3.54. The van der Waals surface area contributed by atoms with Gasteiger partial charge in [-0.05, 0) is 17.7 Å². The summed E-state index contributed by atoms with van der Waals surface area (Å²) in [4.78, 5) is 11.9. The van der Waals surface area contributed by atoms with Crippen LogP contribution in [0.3, 0.4) is 0 Å². The molecule has 1 saturated heterocycles. The van der Waals surface area contributed by atoms with Gasteiger partial charge in [0.25, 0.3) is 0 Å². The molecule has 1 fully saturated rings. The van der Waals surface area contributed by atoms with E-state index in [1.54, 1.807) is 24.3 Å². The molecule has 8 heteroatoms. The van der Waals surface area contributed by atoms with E-state index in [1.165, 1.54) is 7.11 Å². The van der Waals surface area contributed by atoms with Gasteiger partial charge in [0.2, 0.25) is 0 Å². The Morgan fingerprint density at radius 3 is 2.32 bits per heavy atom. The highest BCUT2D eigenvalue weighted by molar-refractivity contribution is 5.75. The molecule has 2 rings (SSSR count). The summed E-state index contributed by atoms with van der Waals surface area (Å²) in [5.74, 6) is -0.297. The first kappa shape index (κ1) is 16.7. The third-order valence-electron chi connectivity index (χ3n) is 3.36. The lowest BCUT2D eigenvalue weighted by atomic mass is 9.99. The zero-order valence-electron chi connectivity index (χ0n) is 11.8. The van der Waals surface area contributed by atoms with E-state index < -0.39 is 36.7 Å². The Balaban J connectivity index is 1.93. The van der Waals surface area contributed by atoms with Crippen molar-refractivity contribution in [3.05, 3.63) is 29.8 Å². The van der Waals surface area contributed by atoms with Gasteiger partial charge >= 0.3 is 5.97 Å². The van der Waals surface area contributed by atoms with E-state index in [-0.39, 0.29) is 6.61 Å². The van der Waals surface area contributed by atoms with Gasteiger partial charge in [-0.3, -0.25) is 0 Å². The molecule has 0 saturated carbocycles. The molecular weight excluding hydrogens is 296 g/mol. The van der Waals surface area contributed by atoms with Gasteiger partial charge in [0.15, 0.2) is 12.4 Å². The molecule has 0 aliphatic carbocycles. The van der Waals surface area contributed by atoms with Crippen LogP contribution in [0.15, 0.2) is 24.3 Å². The monoisotopic (exact) mass is 314 g/mol. The number of ether oxygens (including phenoxy) is 3. The second-order valence-corrected chi connectivity index (χ2v) is 4.87. The van der Waals surface area contributed by atoms with Gasteiger partial charge in [-0.25, -0.2) is 4.79 Å². The number of hydrogen-bond acceptors (Lipinski definition) is 8. The zero-order chi connectivity index (χ0) is 16.3. The number of rotatable bonds is 4. The molecule has 0 radical (unpaired) electrons. The summed E-state index contributed by atoms with van der Waals surface area (Å²) in [6.07, 6.45) is -8.45. The summed E-state index contributed by atoms with van der Waals surface area (Å²) in [6.45, 7) is -0.0792. The second-order valence-electron chi connectivity index (χ2n) is 4.87. The van der Waals surface area contributed by atoms with Crippen LogP contribution in [-0.2, 0) is 20.9 Å². The summed E-state index contributed by atoms with van der Waals surface area (Å²) in [7, 11) is 1.53. The third-order valence-corrected chi connectivity index (χ3v) is 3.36. The molecule has 1 heterocycles. The second kappa shape index (κ2) is 7.03. The van der Waals surface area contributed by atoms with E-state index in [4.69, 9.17) is 14.2 Å². The standard InChI is InChI=1S/C14H18O8/c1-20-8-4-2-7(3-5-8)6-21-14(19)12-10(16)9(15)11(17)13(18)22-12/h2-5,9-13,15-18H,6H2,1H3/t9-,10-,11+,12-,13?/m0/s1. The molecule has 122 valence electrons. The molecular formula is C14H18O8. The van der Waals surface area contributed by atoms with E-state index in [2.05, 4.69) is 0 Å². The average Bonchev–Trinajstić information content (AvgIpc) is 2.54. The lowest BCUT2D eigenvalue weighted by molar-refractivity contribution is -0.281. The van der Waals surface area contributed by atoms with Crippen LogP contribution in [0, 0.1) is 0 Å². The van der Waals surface area contributed by atoms with Crippen LogP contribution < -0.4 is 4.74 Å². The highest BCUT2D eigenvalue weighted by Gasteiger charge is 2.46. The van der Waals surface area contributed by atoms with Gasteiger partial charge < -0.3 is 34.6 Å². The van der Waals surface area contributed by atoms with Crippen molar-refractivity contribution in [3.8, 4) is 5.75 Å². The maximum atomic E-state index is 11.9. The molecule has 1 aromatic carbocycles. The van der Waals surface area contributed by atoms with Gasteiger partial charge in [0.1, 0.15) is 30.7 Å². The van der Waals surface area contributed by atoms with E-state index in [0.717, 1.165) is 0 Å². The molecule has 8 nitrogen and oxygen atoms in total. The van der Waals surface area contributed by atoms with Gasteiger partial charge in [-0.1, -0.05) is 12.1 Å².